The summed E-state index contributed by atoms with van der Waals surface area (Å²) >= 11 is 0. The first kappa shape index (κ1) is 20.0. The van der Waals surface area contributed by atoms with Gasteiger partial charge >= 0.3 is 6.09 Å². The van der Waals surface area contributed by atoms with Crippen LogP contribution in [0.25, 0.3) is 0 Å². The van der Waals surface area contributed by atoms with Gasteiger partial charge in [0.15, 0.2) is 0 Å². The third kappa shape index (κ3) is 7.26. The molecule has 0 atom stereocenters. The molecular weight excluding hydrogens is 336 g/mol. The lowest BCUT2D eigenvalue weighted by molar-refractivity contribution is -0.121. The highest BCUT2D eigenvalue weighted by Crippen LogP contribution is 2.13. The number of carbonyl (C=O) groups excluding carboxylic acids is 2. The second-order valence-corrected chi connectivity index (χ2v) is 7.08. The molecule has 26 heavy (non-hydrogen) atoms. The average Bonchev–Trinajstić information content (AvgIpc) is 2.59. The third-order valence-corrected chi connectivity index (χ3v) is 3.65. The van der Waals surface area contributed by atoms with Crippen LogP contribution in [0.4, 0.5) is 10.6 Å². The average molecular weight is 364 g/mol. The van der Waals surface area contributed by atoms with Crippen molar-refractivity contribution in [1.82, 2.24) is 15.6 Å². The zero-order valence-electron chi connectivity index (χ0n) is 15.7. The second kappa shape index (κ2) is 9.38. The molecule has 2 N–H and O–H groups in total. The highest BCUT2D eigenvalue weighted by Gasteiger charge is 2.16. The topological polar surface area (TPSA) is 92.8 Å². The number of morpholine rings is 1. The Morgan fingerprint density at radius 1 is 1.23 bits per heavy atom. The number of carbonyl (C=O) groups is 2. The Labute approximate surface area is 154 Å². The monoisotopic (exact) mass is 364 g/mol. The number of alkyl carbamates (subject to hydrolysis) is 1. The highest BCUT2D eigenvalue weighted by molar-refractivity contribution is 5.77. The number of aromatic nitrogens is 1. The molecule has 0 aromatic carbocycles. The molecule has 2 heterocycles. The molecule has 144 valence electrons. The molecule has 0 bridgehead atoms. The van der Waals surface area contributed by atoms with E-state index in [0.717, 1.165) is 37.7 Å². The molecule has 1 saturated heterocycles. The smallest absolute Gasteiger partial charge is 0.407 e. The van der Waals surface area contributed by atoms with Crippen molar-refractivity contribution in [1.29, 1.82) is 0 Å². The molecule has 2 rings (SSSR count). The normalized spacial score (nSPS) is 14.7. The van der Waals surface area contributed by atoms with Crippen LogP contribution in [0.15, 0.2) is 18.3 Å². The molecule has 8 heteroatoms. The highest BCUT2D eigenvalue weighted by atomic mass is 16.6. The van der Waals surface area contributed by atoms with Crippen molar-refractivity contribution in [3.8, 4) is 0 Å². The summed E-state index contributed by atoms with van der Waals surface area (Å²) in [4.78, 5) is 30.0. The lowest BCUT2D eigenvalue weighted by Gasteiger charge is -2.27. The molecule has 1 aliphatic rings. The Bertz CT molecular complexity index is 592. The summed E-state index contributed by atoms with van der Waals surface area (Å²) < 4.78 is 10.4. The van der Waals surface area contributed by atoms with Gasteiger partial charge in [0.05, 0.1) is 13.2 Å². The first-order valence-electron chi connectivity index (χ1n) is 8.85. The van der Waals surface area contributed by atoms with Crippen molar-refractivity contribution < 1.29 is 19.1 Å². The summed E-state index contributed by atoms with van der Waals surface area (Å²) in [6.07, 6.45) is 1.44. The number of amides is 2. The molecule has 0 spiro atoms. The Hall–Kier alpha value is -2.35. The Kier molecular flexibility index (Phi) is 7.20. The predicted octanol–water partition coefficient (Wildman–Crippen LogP) is 1.45. The number of pyridine rings is 1. The van der Waals surface area contributed by atoms with E-state index in [1.54, 1.807) is 27.0 Å². The minimum absolute atomic E-state index is 0.140. The van der Waals surface area contributed by atoms with Gasteiger partial charge in [-0.3, -0.25) is 4.79 Å². The summed E-state index contributed by atoms with van der Waals surface area (Å²) in [6, 6.07) is 3.91. The van der Waals surface area contributed by atoms with Crippen LogP contribution in [-0.2, 0) is 20.8 Å². The fourth-order valence-electron chi connectivity index (χ4n) is 2.38. The maximum absolute atomic E-state index is 11.9. The molecule has 1 aromatic rings. The summed E-state index contributed by atoms with van der Waals surface area (Å²) in [6.45, 7) is 9.12. The number of hydrogen-bond acceptors (Lipinski definition) is 6. The van der Waals surface area contributed by atoms with Crippen LogP contribution in [0.3, 0.4) is 0 Å². The SMILES string of the molecule is CC(C)(C)OC(=O)NCCC(=O)NCc1ccc(N2CCOCC2)nc1. The Morgan fingerprint density at radius 2 is 1.96 bits per heavy atom. The van der Waals surface area contributed by atoms with Crippen molar-refractivity contribution >= 4 is 17.8 Å². The maximum Gasteiger partial charge on any atom is 0.407 e. The minimum Gasteiger partial charge on any atom is -0.444 e. The number of hydrogen-bond donors (Lipinski definition) is 2. The summed E-state index contributed by atoms with van der Waals surface area (Å²) in [5.41, 5.74) is 0.377. The predicted molar refractivity (Wildman–Crippen MR) is 98.0 cm³/mol. The number of ether oxygens (including phenoxy) is 2. The maximum atomic E-state index is 11.9. The van der Waals surface area contributed by atoms with E-state index in [1.165, 1.54) is 0 Å². The zero-order chi connectivity index (χ0) is 19.0. The molecule has 1 fully saturated rings. The third-order valence-electron chi connectivity index (χ3n) is 3.65. The largest absolute Gasteiger partial charge is 0.444 e. The second-order valence-electron chi connectivity index (χ2n) is 7.08. The Balaban J connectivity index is 1.66. The molecule has 0 unspecified atom stereocenters. The summed E-state index contributed by atoms with van der Waals surface area (Å²) in [5.74, 6) is 0.781. The van der Waals surface area contributed by atoms with Crippen LogP contribution in [0.5, 0.6) is 0 Å². The van der Waals surface area contributed by atoms with E-state index < -0.39 is 11.7 Å². The standard InChI is InChI=1S/C18H28N4O4/c1-18(2,3)26-17(24)19-7-6-16(23)21-13-14-4-5-15(20-12-14)22-8-10-25-11-9-22/h4-5,12H,6-11,13H2,1-3H3,(H,19,24)(H,21,23). The van der Waals surface area contributed by atoms with Crippen LogP contribution in [0.2, 0.25) is 0 Å². The van der Waals surface area contributed by atoms with Gasteiger partial charge in [-0.2, -0.15) is 0 Å². The van der Waals surface area contributed by atoms with Gasteiger partial charge in [-0.15, -0.1) is 0 Å². The van der Waals surface area contributed by atoms with Crippen molar-refractivity contribution in [2.45, 2.75) is 39.3 Å². The first-order chi connectivity index (χ1) is 12.3. The van der Waals surface area contributed by atoms with Gasteiger partial charge in [-0.1, -0.05) is 6.07 Å². The first-order valence-corrected chi connectivity index (χ1v) is 8.85. The molecule has 2 amide bonds. The van der Waals surface area contributed by atoms with Gasteiger partial charge in [0.2, 0.25) is 5.91 Å². The van der Waals surface area contributed by atoms with Gasteiger partial charge in [0, 0.05) is 38.8 Å². The van der Waals surface area contributed by atoms with Gasteiger partial charge in [0.1, 0.15) is 11.4 Å². The fourth-order valence-corrected chi connectivity index (χ4v) is 2.38. The number of nitrogens with one attached hydrogen (secondary N) is 2. The van der Waals surface area contributed by atoms with Gasteiger partial charge in [-0.05, 0) is 32.4 Å². The van der Waals surface area contributed by atoms with E-state index in [1.807, 2.05) is 12.1 Å². The van der Waals surface area contributed by atoms with E-state index in [-0.39, 0.29) is 18.9 Å². The van der Waals surface area contributed by atoms with E-state index in [4.69, 9.17) is 9.47 Å². The van der Waals surface area contributed by atoms with Crippen LogP contribution >= 0.6 is 0 Å². The Morgan fingerprint density at radius 3 is 2.58 bits per heavy atom. The van der Waals surface area contributed by atoms with Crippen LogP contribution < -0.4 is 15.5 Å². The lowest BCUT2D eigenvalue weighted by Crippen LogP contribution is -2.36. The number of anilines is 1. The summed E-state index contributed by atoms with van der Waals surface area (Å²) in [5, 5.41) is 5.38. The van der Waals surface area contributed by atoms with Gasteiger partial charge in [0.25, 0.3) is 0 Å². The van der Waals surface area contributed by atoms with E-state index in [0.29, 0.717) is 6.54 Å². The van der Waals surface area contributed by atoms with Crippen LogP contribution in [-0.4, -0.2) is 55.4 Å². The molecule has 0 saturated carbocycles. The van der Waals surface area contributed by atoms with Gasteiger partial charge in [-0.25, -0.2) is 9.78 Å². The molecule has 8 nitrogen and oxygen atoms in total. The molecule has 0 radical (unpaired) electrons. The van der Waals surface area contributed by atoms with E-state index in [2.05, 4.69) is 20.5 Å². The van der Waals surface area contributed by atoms with Crippen molar-refractivity contribution in [2.24, 2.45) is 0 Å². The van der Waals surface area contributed by atoms with Crippen LogP contribution in [0.1, 0.15) is 32.8 Å². The van der Waals surface area contributed by atoms with Gasteiger partial charge < -0.3 is 25.0 Å². The zero-order valence-corrected chi connectivity index (χ0v) is 15.7. The van der Waals surface area contributed by atoms with E-state index >= 15 is 0 Å². The number of rotatable bonds is 6. The quantitative estimate of drug-likeness (QED) is 0.794. The molecule has 1 aromatic heterocycles. The fraction of sp³-hybridized carbons (Fsp3) is 0.611. The minimum atomic E-state index is -0.549. The molecule has 1 aliphatic heterocycles. The van der Waals surface area contributed by atoms with Crippen molar-refractivity contribution in [2.75, 3.05) is 37.7 Å². The number of nitrogens with zero attached hydrogens (tertiary/aromatic N) is 2. The van der Waals surface area contributed by atoms with Crippen molar-refractivity contribution in [3.63, 3.8) is 0 Å². The lowest BCUT2D eigenvalue weighted by atomic mass is 10.2. The van der Waals surface area contributed by atoms with E-state index in [9.17, 15) is 9.59 Å². The van der Waals surface area contributed by atoms with Crippen molar-refractivity contribution in [3.05, 3.63) is 23.9 Å². The van der Waals surface area contributed by atoms with Crippen LogP contribution in [0, 0.1) is 0 Å². The summed E-state index contributed by atoms with van der Waals surface area (Å²) in [7, 11) is 0. The molecular formula is C18H28N4O4. The molecule has 0 aliphatic carbocycles.